The number of hydrogen-bond acceptors (Lipinski definition) is 6. The van der Waals surface area contributed by atoms with Gasteiger partial charge in [0.1, 0.15) is 0 Å². The second-order valence-corrected chi connectivity index (χ2v) is 10.9. The van der Waals surface area contributed by atoms with Crippen molar-refractivity contribution in [1.29, 1.82) is 0 Å². The first-order valence-corrected chi connectivity index (χ1v) is 13.4. The van der Waals surface area contributed by atoms with E-state index in [0.29, 0.717) is 5.75 Å². The van der Waals surface area contributed by atoms with Gasteiger partial charge in [0, 0.05) is 32.2 Å². The Morgan fingerprint density at radius 3 is 2.56 bits per heavy atom. The largest absolute Gasteiger partial charge is 0.367 e. The van der Waals surface area contributed by atoms with Crippen LogP contribution in [-0.2, 0) is 4.79 Å². The van der Waals surface area contributed by atoms with E-state index in [9.17, 15) is 4.79 Å². The molecule has 7 heteroatoms. The summed E-state index contributed by atoms with van der Waals surface area (Å²) in [5.41, 5.74) is 3.04. The molecule has 1 aliphatic heterocycles. The van der Waals surface area contributed by atoms with Gasteiger partial charge in [0.2, 0.25) is 5.91 Å². The number of nitrogens with zero attached hydrogens (tertiary/aromatic N) is 3. The number of carbonyl (C=O) groups excluding carboxylic acids is 1. The first kappa shape index (κ1) is 21.7. The number of fused-ring (bicyclic) bond motifs is 1. The van der Waals surface area contributed by atoms with Gasteiger partial charge in [-0.15, -0.1) is 11.3 Å². The van der Waals surface area contributed by atoms with Gasteiger partial charge < -0.3 is 10.2 Å². The molecule has 5 nitrogen and oxygen atoms in total. The third-order valence-corrected chi connectivity index (χ3v) is 8.70. The van der Waals surface area contributed by atoms with Gasteiger partial charge in [0.05, 0.1) is 27.3 Å². The van der Waals surface area contributed by atoms with Crippen molar-refractivity contribution in [3.05, 3.63) is 48.5 Å². The maximum absolute atomic E-state index is 12.7. The summed E-state index contributed by atoms with van der Waals surface area (Å²) in [7, 11) is 0. The lowest BCUT2D eigenvalue weighted by Gasteiger charge is -2.42. The highest BCUT2D eigenvalue weighted by atomic mass is 32.2. The molecule has 0 radical (unpaired) electrons. The average Bonchev–Trinajstić information content (AvgIpc) is 3.27. The summed E-state index contributed by atoms with van der Waals surface area (Å²) in [6, 6.07) is 17.1. The Balaban J connectivity index is 1.17. The molecule has 2 aromatic carbocycles. The minimum Gasteiger partial charge on any atom is -0.367 e. The summed E-state index contributed by atoms with van der Waals surface area (Å²) in [4.78, 5) is 22.4. The number of anilines is 2. The number of para-hydroxylation sites is 3. The molecule has 3 aromatic rings. The molecule has 1 amide bonds. The second kappa shape index (κ2) is 10.2. The van der Waals surface area contributed by atoms with E-state index in [-0.39, 0.29) is 5.91 Å². The topological polar surface area (TPSA) is 48.5 Å². The number of amides is 1. The molecule has 1 saturated carbocycles. The third kappa shape index (κ3) is 5.11. The summed E-state index contributed by atoms with van der Waals surface area (Å²) in [5, 5.41) is 3.15. The second-order valence-electron chi connectivity index (χ2n) is 8.62. The van der Waals surface area contributed by atoms with Gasteiger partial charge in [-0.3, -0.25) is 9.69 Å². The average molecular weight is 467 g/mol. The zero-order valence-electron chi connectivity index (χ0n) is 18.3. The molecular weight excluding hydrogens is 436 g/mol. The molecule has 0 spiro atoms. The first-order valence-electron chi connectivity index (χ1n) is 11.6. The Labute approximate surface area is 198 Å². The van der Waals surface area contributed by atoms with Crippen molar-refractivity contribution in [3.8, 4) is 0 Å². The fourth-order valence-electron chi connectivity index (χ4n) is 4.86. The molecule has 2 aliphatic rings. The Kier molecular flexibility index (Phi) is 6.95. The Hall–Kier alpha value is -2.09. The van der Waals surface area contributed by atoms with Gasteiger partial charge in [-0.1, -0.05) is 55.3 Å². The van der Waals surface area contributed by atoms with Crippen molar-refractivity contribution in [1.82, 2.24) is 9.88 Å². The molecular formula is C25H30N4OS2. The van der Waals surface area contributed by atoms with Crippen LogP contribution in [0.25, 0.3) is 10.2 Å². The van der Waals surface area contributed by atoms with Gasteiger partial charge in [0.25, 0.3) is 0 Å². The third-order valence-electron chi connectivity index (χ3n) is 6.53. The van der Waals surface area contributed by atoms with Crippen LogP contribution in [0.5, 0.6) is 0 Å². The van der Waals surface area contributed by atoms with Crippen molar-refractivity contribution in [2.75, 3.05) is 42.1 Å². The lowest BCUT2D eigenvalue weighted by atomic mass is 9.94. The molecule has 1 aromatic heterocycles. The number of thiazole rings is 1. The number of thioether (sulfide) groups is 1. The van der Waals surface area contributed by atoms with Gasteiger partial charge >= 0.3 is 0 Å². The van der Waals surface area contributed by atoms with Crippen LogP contribution in [0.1, 0.15) is 32.1 Å². The number of hydrogen-bond donors (Lipinski definition) is 1. The van der Waals surface area contributed by atoms with Crippen LogP contribution in [-0.4, -0.2) is 53.8 Å². The van der Waals surface area contributed by atoms with E-state index in [1.165, 1.54) is 43.9 Å². The van der Waals surface area contributed by atoms with Gasteiger partial charge in [-0.05, 0) is 37.1 Å². The Morgan fingerprint density at radius 1 is 1.00 bits per heavy atom. The maximum Gasteiger partial charge on any atom is 0.234 e. The van der Waals surface area contributed by atoms with Crippen molar-refractivity contribution in [3.63, 3.8) is 0 Å². The van der Waals surface area contributed by atoms with E-state index in [1.807, 2.05) is 30.3 Å². The quantitative estimate of drug-likeness (QED) is 0.487. The molecule has 5 rings (SSSR count). The number of rotatable bonds is 6. The molecule has 2 fully saturated rings. The van der Waals surface area contributed by atoms with E-state index in [2.05, 4.69) is 38.3 Å². The maximum atomic E-state index is 12.7. The zero-order valence-corrected chi connectivity index (χ0v) is 20.0. The van der Waals surface area contributed by atoms with Crippen molar-refractivity contribution < 1.29 is 4.79 Å². The molecule has 0 atom stereocenters. The molecule has 1 aliphatic carbocycles. The summed E-state index contributed by atoms with van der Waals surface area (Å²) in [6.07, 6.45) is 6.89. The molecule has 0 bridgehead atoms. The Morgan fingerprint density at radius 2 is 1.75 bits per heavy atom. The highest BCUT2D eigenvalue weighted by Gasteiger charge is 2.26. The van der Waals surface area contributed by atoms with Gasteiger partial charge in [0.15, 0.2) is 4.34 Å². The minimum atomic E-state index is 0.0162. The van der Waals surface area contributed by atoms with Crippen molar-refractivity contribution in [2.45, 2.75) is 42.5 Å². The fraction of sp³-hybridized carbons (Fsp3) is 0.440. The summed E-state index contributed by atoms with van der Waals surface area (Å²) in [6.45, 7) is 4.26. The summed E-state index contributed by atoms with van der Waals surface area (Å²) in [5.74, 6) is 0.381. The van der Waals surface area contributed by atoms with Crippen LogP contribution in [0.4, 0.5) is 11.4 Å². The van der Waals surface area contributed by atoms with Crippen LogP contribution in [0.2, 0.25) is 0 Å². The molecule has 0 unspecified atom stereocenters. The number of nitrogens with one attached hydrogen (secondary N) is 1. The molecule has 168 valence electrons. The predicted octanol–water partition coefficient (Wildman–Crippen LogP) is 5.48. The van der Waals surface area contributed by atoms with E-state index >= 15 is 0 Å². The normalized spacial score (nSPS) is 18.2. The monoisotopic (exact) mass is 466 g/mol. The summed E-state index contributed by atoms with van der Waals surface area (Å²) >= 11 is 3.15. The SMILES string of the molecule is O=C(CSc1nc2ccccc2s1)Nc1ccccc1N1CCN(C2CCCCC2)CC1. The summed E-state index contributed by atoms with van der Waals surface area (Å²) < 4.78 is 2.10. The molecule has 2 heterocycles. The van der Waals surface area contributed by atoms with Crippen molar-refractivity contribution >= 4 is 50.6 Å². The van der Waals surface area contributed by atoms with E-state index in [4.69, 9.17) is 0 Å². The number of piperazine rings is 1. The lowest BCUT2D eigenvalue weighted by Crippen LogP contribution is -2.51. The van der Waals surface area contributed by atoms with E-state index in [1.54, 1.807) is 11.3 Å². The fourth-order valence-corrected chi connectivity index (χ4v) is 6.72. The van der Waals surface area contributed by atoms with Crippen LogP contribution in [0, 0.1) is 0 Å². The first-order chi connectivity index (χ1) is 15.8. The smallest absolute Gasteiger partial charge is 0.234 e. The number of carbonyl (C=O) groups is 1. The highest BCUT2D eigenvalue weighted by molar-refractivity contribution is 8.01. The highest BCUT2D eigenvalue weighted by Crippen LogP contribution is 2.31. The number of benzene rings is 2. The van der Waals surface area contributed by atoms with Crippen LogP contribution in [0.3, 0.4) is 0 Å². The predicted molar refractivity (Wildman–Crippen MR) is 136 cm³/mol. The Bertz CT molecular complexity index is 1020. The van der Waals surface area contributed by atoms with Gasteiger partial charge in [-0.25, -0.2) is 4.98 Å². The number of aromatic nitrogens is 1. The standard InChI is InChI=1S/C25H30N4OS2/c30-24(18-31-25-27-21-11-5-7-13-23(21)32-25)26-20-10-4-6-12-22(20)29-16-14-28(15-17-29)19-8-2-1-3-9-19/h4-7,10-13,19H,1-3,8-9,14-18H2,(H,26,30). The van der Waals surface area contributed by atoms with E-state index in [0.717, 1.165) is 58.2 Å². The minimum absolute atomic E-state index is 0.0162. The van der Waals surface area contributed by atoms with Crippen LogP contribution < -0.4 is 10.2 Å². The van der Waals surface area contributed by atoms with Crippen LogP contribution >= 0.6 is 23.1 Å². The molecule has 1 saturated heterocycles. The lowest BCUT2D eigenvalue weighted by molar-refractivity contribution is -0.113. The van der Waals surface area contributed by atoms with Gasteiger partial charge in [-0.2, -0.15) is 0 Å². The zero-order chi connectivity index (χ0) is 21.8. The molecule has 1 N–H and O–H groups in total. The molecule has 32 heavy (non-hydrogen) atoms. The van der Waals surface area contributed by atoms with Crippen LogP contribution in [0.15, 0.2) is 52.9 Å². The van der Waals surface area contributed by atoms with E-state index < -0.39 is 0 Å². The van der Waals surface area contributed by atoms with Crippen molar-refractivity contribution in [2.24, 2.45) is 0 Å².